The Kier molecular flexibility index (Phi) is 5.69. The van der Waals surface area contributed by atoms with Crippen LogP contribution in [-0.2, 0) is 16.1 Å². The van der Waals surface area contributed by atoms with E-state index in [0.717, 1.165) is 12.3 Å². The third-order valence-electron chi connectivity index (χ3n) is 10.4. The number of hydrogen-bond acceptors (Lipinski definition) is 2. The highest BCUT2D eigenvalue weighted by Gasteiger charge is 2.60. The number of fused-ring (bicyclic) bond motifs is 5. The van der Waals surface area contributed by atoms with Crippen molar-refractivity contribution in [2.24, 2.45) is 34.5 Å². The van der Waals surface area contributed by atoms with Crippen molar-refractivity contribution in [3.63, 3.8) is 0 Å². The predicted molar refractivity (Wildman–Crippen MR) is 131 cm³/mol. The largest absolute Gasteiger partial charge is 0.352 e. The van der Waals surface area contributed by atoms with Gasteiger partial charge in [-0.05, 0) is 86.2 Å². The number of nitrogens with zero attached hydrogens (tertiary/aromatic N) is 1. The zero-order chi connectivity index (χ0) is 23.4. The SMILES string of the molecule is Cc1ccc(CNC(=O)C[C@H]2CC[C@H]3[C@@H]4CC[C@H]5N(C)C(=O)C=C[C@]5(C)[C@H]4CC[C@]23C)cc1. The molecule has 7 atom stereocenters. The van der Waals surface area contributed by atoms with Crippen LogP contribution in [0.3, 0.4) is 0 Å². The number of carbonyl (C=O) groups excluding carboxylic acids is 2. The molecule has 0 radical (unpaired) electrons. The lowest BCUT2D eigenvalue weighted by molar-refractivity contribution is -0.139. The van der Waals surface area contributed by atoms with Gasteiger partial charge in [0, 0.05) is 31.5 Å². The molecule has 178 valence electrons. The van der Waals surface area contributed by atoms with Crippen molar-refractivity contribution in [3.05, 3.63) is 47.5 Å². The predicted octanol–water partition coefficient (Wildman–Crippen LogP) is 5.26. The summed E-state index contributed by atoms with van der Waals surface area (Å²) in [6, 6.07) is 8.75. The highest BCUT2D eigenvalue weighted by Crippen LogP contribution is 2.65. The van der Waals surface area contributed by atoms with Gasteiger partial charge in [-0.2, -0.15) is 0 Å². The molecule has 3 fully saturated rings. The molecule has 3 aliphatic carbocycles. The van der Waals surface area contributed by atoms with Crippen LogP contribution in [0, 0.1) is 41.4 Å². The average molecular weight is 449 g/mol. The van der Waals surface area contributed by atoms with Crippen LogP contribution in [0.15, 0.2) is 36.4 Å². The molecule has 0 bridgehead atoms. The van der Waals surface area contributed by atoms with E-state index >= 15 is 0 Å². The lowest BCUT2D eigenvalue weighted by atomic mass is 9.47. The van der Waals surface area contributed by atoms with E-state index in [1.54, 1.807) is 0 Å². The van der Waals surface area contributed by atoms with E-state index in [4.69, 9.17) is 0 Å². The summed E-state index contributed by atoms with van der Waals surface area (Å²) in [6.45, 7) is 7.60. The molecule has 0 spiro atoms. The van der Waals surface area contributed by atoms with Crippen molar-refractivity contribution in [2.45, 2.75) is 78.3 Å². The van der Waals surface area contributed by atoms with Gasteiger partial charge in [0.15, 0.2) is 0 Å². The summed E-state index contributed by atoms with van der Waals surface area (Å²) in [6.07, 6.45) is 11.9. The molecule has 4 aliphatic rings. The topological polar surface area (TPSA) is 49.4 Å². The van der Waals surface area contributed by atoms with Gasteiger partial charge in [-0.15, -0.1) is 0 Å². The number of likely N-dealkylation sites (N-methyl/N-ethyl adjacent to an activating group) is 1. The minimum absolute atomic E-state index is 0.0937. The molecule has 3 saturated carbocycles. The van der Waals surface area contributed by atoms with Gasteiger partial charge in [-0.25, -0.2) is 0 Å². The summed E-state index contributed by atoms with van der Waals surface area (Å²) in [5.41, 5.74) is 2.77. The molecule has 0 saturated heterocycles. The summed E-state index contributed by atoms with van der Waals surface area (Å²) >= 11 is 0. The summed E-state index contributed by atoms with van der Waals surface area (Å²) in [4.78, 5) is 27.2. The molecule has 1 aromatic rings. The van der Waals surface area contributed by atoms with Crippen LogP contribution >= 0.6 is 0 Å². The fraction of sp³-hybridized carbons (Fsp3) is 0.655. The second-order valence-corrected chi connectivity index (χ2v) is 11.9. The van der Waals surface area contributed by atoms with Crippen LogP contribution in [0.5, 0.6) is 0 Å². The molecule has 1 aliphatic heterocycles. The molecule has 4 heteroatoms. The lowest BCUT2D eigenvalue weighted by Gasteiger charge is -2.60. The van der Waals surface area contributed by atoms with Gasteiger partial charge in [-0.3, -0.25) is 9.59 Å². The van der Waals surface area contributed by atoms with Gasteiger partial charge in [0.2, 0.25) is 11.8 Å². The molecule has 4 nitrogen and oxygen atoms in total. The Bertz CT molecular complexity index is 953. The van der Waals surface area contributed by atoms with Crippen molar-refractivity contribution >= 4 is 11.8 Å². The minimum Gasteiger partial charge on any atom is -0.352 e. The van der Waals surface area contributed by atoms with Crippen molar-refractivity contribution in [1.82, 2.24) is 10.2 Å². The van der Waals surface area contributed by atoms with Crippen LogP contribution in [0.25, 0.3) is 0 Å². The number of carbonyl (C=O) groups is 2. The van der Waals surface area contributed by atoms with Gasteiger partial charge in [0.1, 0.15) is 0 Å². The fourth-order valence-electron chi connectivity index (χ4n) is 8.39. The van der Waals surface area contributed by atoms with Crippen molar-refractivity contribution in [1.29, 1.82) is 0 Å². The molecule has 1 N–H and O–H groups in total. The number of amides is 2. The maximum atomic E-state index is 12.9. The van der Waals surface area contributed by atoms with Crippen molar-refractivity contribution in [3.8, 4) is 0 Å². The van der Waals surface area contributed by atoms with Gasteiger partial charge < -0.3 is 10.2 Å². The number of benzene rings is 1. The van der Waals surface area contributed by atoms with Crippen LogP contribution in [0.1, 0.15) is 69.9 Å². The maximum absolute atomic E-state index is 12.9. The third kappa shape index (κ3) is 3.74. The van der Waals surface area contributed by atoms with Crippen LogP contribution in [-0.4, -0.2) is 29.8 Å². The Morgan fingerprint density at radius 2 is 1.82 bits per heavy atom. The highest BCUT2D eigenvalue weighted by atomic mass is 16.2. The summed E-state index contributed by atoms with van der Waals surface area (Å²) < 4.78 is 0. The summed E-state index contributed by atoms with van der Waals surface area (Å²) in [7, 11) is 1.99. The first-order chi connectivity index (χ1) is 15.7. The van der Waals surface area contributed by atoms with E-state index < -0.39 is 0 Å². The standard InChI is InChI=1S/C29H40N2O2/c1-19-5-7-20(8-6-19)18-30-26(32)17-21-9-11-23-22-10-12-25-29(3,16-14-27(33)31(25)4)24(22)13-15-28(21,23)2/h5-8,14,16,21-25H,9-13,15,17-18H2,1-4H3,(H,30,32)/t21-,22+,23+,24+,25-,28-,29-/m1/s1. The zero-order valence-corrected chi connectivity index (χ0v) is 20.8. The first kappa shape index (κ1) is 22.7. The summed E-state index contributed by atoms with van der Waals surface area (Å²) in [5, 5.41) is 3.18. The second kappa shape index (κ2) is 8.29. The molecule has 1 heterocycles. The number of nitrogens with one attached hydrogen (secondary N) is 1. The Morgan fingerprint density at radius 1 is 1.06 bits per heavy atom. The summed E-state index contributed by atoms with van der Waals surface area (Å²) in [5.74, 6) is 2.93. The van der Waals surface area contributed by atoms with Crippen molar-refractivity contribution in [2.75, 3.05) is 7.05 Å². The van der Waals surface area contributed by atoms with Crippen molar-refractivity contribution < 1.29 is 9.59 Å². The quantitative estimate of drug-likeness (QED) is 0.683. The Labute approximate surface area is 199 Å². The zero-order valence-electron chi connectivity index (χ0n) is 20.8. The minimum atomic E-state index is 0.0937. The third-order valence-corrected chi connectivity index (χ3v) is 10.4. The van der Waals surface area contributed by atoms with Crippen LogP contribution < -0.4 is 5.32 Å². The van der Waals surface area contributed by atoms with E-state index in [0.29, 0.717) is 36.8 Å². The maximum Gasteiger partial charge on any atom is 0.246 e. The molecule has 0 unspecified atom stereocenters. The number of aryl methyl sites for hydroxylation is 1. The van der Waals surface area contributed by atoms with E-state index in [9.17, 15) is 9.59 Å². The highest BCUT2D eigenvalue weighted by molar-refractivity contribution is 5.89. The Balaban J connectivity index is 1.26. The van der Waals surface area contributed by atoms with Gasteiger partial charge in [0.05, 0.1) is 0 Å². The molecule has 2 amide bonds. The van der Waals surface area contributed by atoms with E-state index in [-0.39, 0.29) is 22.6 Å². The lowest BCUT2D eigenvalue weighted by Crippen LogP contribution is -2.59. The van der Waals surface area contributed by atoms with Crippen LogP contribution in [0.4, 0.5) is 0 Å². The van der Waals surface area contributed by atoms with Gasteiger partial charge in [-0.1, -0.05) is 49.8 Å². The van der Waals surface area contributed by atoms with Crippen LogP contribution in [0.2, 0.25) is 0 Å². The number of rotatable bonds is 4. The average Bonchev–Trinajstić information content (AvgIpc) is 3.12. The first-order valence-electron chi connectivity index (χ1n) is 13.0. The Hall–Kier alpha value is -2.10. The fourth-order valence-corrected chi connectivity index (χ4v) is 8.39. The molecule has 0 aromatic heterocycles. The van der Waals surface area contributed by atoms with Gasteiger partial charge in [0.25, 0.3) is 0 Å². The molecule has 5 rings (SSSR count). The molecule has 1 aromatic carbocycles. The monoisotopic (exact) mass is 448 g/mol. The smallest absolute Gasteiger partial charge is 0.246 e. The van der Waals surface area contributed by atoms with E-state index in [1.807, 2.05) is 18.0 Å². The first-order valence-corrected chi connectivity index (χ1v) is 13.0. The Morgan fingerprint density at radius 3 is 2.58 bits per heavy atom. The second-order valence-electron chi connectivity index (χ2n) is 11.9. The molecular formula is C29H40N2O2. The molecule has 33 heavy (non-hydrogen) atoms. The molecular weight excluding hydrogens is 408 g/mol. The van der Waals surface area contributed by atoms with Gasteiger partial charge >= 0.3 is 0 Å². The van der Waals surface area contributed by atoms with E-state index in [1.165, 1.54) is 43.2 Å². The number of hydrogen-bond donors (Lipinski definition) is 1. The van der Waals surface area contributed by atoms with E-state index in [2.05, 4.69) is 56.4 Å². The normalized spacial score (nSPS) is 39.6.